The summed E-state index contributed by atoms with van der Waals surface area (Å²) in [5, 5.41) is 3.02. The highest BCUT2D eigenvalue weighted by Crippen LogP contribution is 2.35. The Hall–Kier alpha value is -3.71. The van der Waals surface area contributed by atoms with Gasteiger partial charge >= 0.3 is 0 Å². The minimum absolute atomic E-state index is 0.0597. The molecule has 0 radical (unpaired) electrons. The second kappa shape index (κ2) is 17.1. The van der Waals surface area contributed by atoms with Gasteiger partial charge in [-0.05, 0) is 60.0 Å². The molecule has 3 aromatic rings. The van der Waals surface area contributed by atoms with Crippen LogP contribution in [0.15, 0.2) is 97.1 Å². The summed E-state index contributed by atoms with van der Waals surface area (Å²) in [5.41, 5.74) is 12.2. The van der Waals surface area contributed by atoms with Crippen molar-refractivity contribution in [3.05, 3.63) is 114 Å². The number of carbonyl (C=O) groups is 1. The molecule has 6 heteroatoms. The van der Waals surface area contributed by atoms with E-state index in [1.165, 1.54) is 22.3 Å². The summed E-state index contributed by atoms with van der Waals surface area (Å²) in [5.74, 6) is 0.672. The van der Waals surface area contributed by atoms with Crippen molar-refractivity contribution in [2.75, 3.05) is 53.0 Å². The van der Waals surface area contributed by atoms with E-state index < -0.39 is 0 Å². The molecule has 1 amide bonds. The normalized spacial score (nSPS) is 12.5. The van der Waals surface area contributed by atoms with Gasteiger partial charge < -0.3 is 20.5 Å². The van der Waals surface area contributed by atoms with Crippen LogP contribution in [0.4, 0.5) is 0 Å². The van der Waals surface area contributed by atoms with Crippen LogP contribution < -0.4 is 15.8 Å². The fraction of sp³-hybridized carbons (Fsp3) is 0.410. The van der Waals surface area contributed by atoms with Crippen molar-refractivity contribution >= 4 is 17.1 Å². The van der Waals surface area contributed by atoms with E-state index in [2.05, 4.69) is 119 Å². The number of allylic oxidation sites excluding steroid dienone is 1. The first kappa shape index (κ1) is 35.8. The standard InChI is InChI=1S/C39H53N3O3/c1-8-35(31-15-11-9-12-16-31)36(32-17-13-10-14-18-32)33-19-21-34(22-20-33)45-24-23-42(7)25-30(2)37(43)41-27-39(5,6)29-44-28-38(3,4)26-40/h9-22H,2,8,23-29,40H2,1,3-7H3,(H,41,43)/b36-35-. The molecule has 0 aliphatic rings. The first-order valence-electron chi connectivity index (χ1n) is 15.9. The van der Waals surface area contributed by atoms with E-state index in [0.717, 1.165) is 17.7 Å². The Morgan fingerprint density at radius 3 is 1.98 bits per heavy atom. The third-order valence-electron chi connectivity index (χ3n) is 7.77. The Morgan fingerprint density at radius 2 is 1.40 bits per heavy atom. The second-order valence-electron chi connectivity index (χ2n) is 13.4. The molecule has 3 rings (SSSR count). The van der Waals surface area contributed by atoms with Gasteiger partial charge in [-0.3, -0.25) is 9.69 Å². The predicted octanol–water partition coefficient (Wildman–Crippen LogP) is 7.07. The molecule has 0 saturated heterocycles. The van der Waals surface area contributed by atoms with E-state index in [4.69, 9.17) is 15.2 Å². The van der Waals surface area contributed by atoms with Crippen molar-refractivity contribution in [1.82, 2.24) is 10.2 Å². The molecule has 0 saturated carbocycles. The molecule has 45 heavy (non-hydrogen) atoms. The molecule has 0 bridgehead atoms. The SMILES string of the molecule is C=C(CN(C)CCOc1ccc(/C(=C(/CC)c2ccccc2)c2ccccc2)cc1)C(=O)NCC(C)(C)COCC(C)(C)CN. The first-order valence-corrected chi connectivity index (χ1v) is 15.9. The summed E-state index contributed by atoms with van der Waals surface area (Å²) in [6.07, 6.45) is 0.919. The van der Waals surface area contributed by atoms with Gasteiger partial charge in [0.1, 0.15) is 12.4 Å². The molecule has 0 aromatic heterocycles. The molecular weight excluding hydrogens is 558 g/mol. The number of hydrogen-bond acceptors (Lipinski definition) is 5. The lowest BCUT2D eigenvalue weighted by Gasteiger charge is -2.28. The minimum atomic E-state index is -0.201. The number of nitrogens with zero attached hydrogens (tertiary/aromatic N) is 1. The highest BCUT2D eigenvalue weighted by atomic mass is 16.5. The van der Waals surface area contributed by atoms with Gasteiger partial charge in [-0.25, -0.2) is 0 Å². The van der Waals surface area contributed by atoms with Gasteiger partial charge in [0.2, 0.25) is 5.91 Å². The average Bonchev–Trinajstić information content (AvgIpc) is 3.03. The smallest absolute Gasteiger partial charge is 0.247 e. The molecule has 0 aliphatic carbocycles. The lowest BCUT2D eigenvalue weighted by Crippen LogP contribution is -2.40. The van der Waals surface area contributed by atoms with Gasteiger partial charge in [0.25, 0.3) is 0 Å². The topological polar surface area (TPSA) is 76.8 Å². The highest BCUT2D eigenvalue weighted by Gasteiger charge is 2.23. The van der Waals surface area contributed by atoms with E-state index in [-0.39, 0.29) is 16.7 Å². The zero-order chi connectivity index (χ0) is 32.9. The van der Waals surface area contributed by atoms with Crippen LogP contribution in [-0.2, 0) is 9.53 Å². The molecule has 0 unspecified atom stereocenters. The summed E-state index contributed by atoms with van der Waals surface area (Å²) in [6, 6.07) is 29.5. The van der Waals surface area contributed by atoms with Gasteiger partial charge in [0.05, 0.1) is 13.2 Å². The summed E-state index contributed by atoms with van der Waals surface area (Å²) in [6.45, 7) is 18.4. The van der Waals surface area contributed by atoms with Gasteiger partial charge in [0.15, 0.2) is 0 Å². The van der Waals surface area contributed by atoms with Gasteiger partial charge in [-0.2, -0.15) is 0 Å². The van der Waals surface area contributed by atoms with Crippen molar-refractivity contribution in [2.45, 2.75) is 41.0 Å². The van der Waals surface area contributed by atoms with Gasteiger partial charge in [0, 0.05) is 36.0 Å². The molecule has 0 aliphatic heterocycles. The van der Waals surface area contributed by atoms with Crippen LogP contribution >= 0.6 is 0 Å². The number of amides is 1. The number of rotatable bonds is 18. The summed E-state index contributed by atoms with van der Waals surface area (Å²) in [7, 11) is 1.97. The molecule has 242 valence electrons. The number of likely N-dealkylation sites (N-methyl/N-ethyl adjacent to an activating group) is 1. The lowest BCUT2D eigenvalue weighted by molar-refractivity contribution is -0.118. The van der Waals surface area contributed by atoms with Crippen LogP contribution in [0.5, 0.6) is 5.75 Å². The van der Waals surface area contributed by atoms with Crippen molar-refractivity contribution in [3.63, 3.8) is 0 Å². The third-order valence-corrected chi connectivity index (χ3v) is 7.77. The Morgan fingerprint density at radius 1 is 0.844 bits per heavy atom. The molecular formula is C39H53N3O3. The van der Waals surface area contributed by atoms with Crippen molar-refractivity contribution in [2.24, 2.45) is 16.6 Å². The Balaban J connectivity index is 1.51. The van der Waals surface area contributed by atoms with E-state index in [9.17, 15) is 4.79 Å². The summed E-state index contributed by atoms with van der Waals surface area (Å²) in [4.78, 5) is 14.8. The largest absolute Gasteiger partial charge is 0.492 e. The minimum Gasteiger partial charge on any atom is -0.492 e. The molecule has 3 aromatic carbocycles. The average molecular weight is 612 g/mol. The maximum atomic E-state index is 12.7. The van der Waals surface area contributed by atoms with Crippen molar-refractivity contribution in [3.8, 4) is 5.75 Å². The van der Waals surface area contributed by atoms with E-state index in [1.807, 2.05) is 24.1 Å². The van der Waals surface area contributed by atoms with Crippen LogP contribution in [0.2, 0.25) is 0 Å². The molecule has 0 spiro atoms. The van der Waals surface area contributed by atoms with Crippen molar-refractivity contribution < 1.29 is 14.3 Å². The predicted molar refractivity (Wildman–Crippen MR) is 188 cm³/mol. The zero-order valence-corrected chi connectivity index (χ0v) is 28.2. The second-order valence-corrected chi connectivity index (χ2v) is 13.4. The van der Waals surface area contributed by atoms with Crippen LogP contribution in [-0.4, -0.2) is 63.9 Å². The van der Waals surface area contributed by atoms with Crippen LogP contribution in [0, 0.1) is 10.8 Å². The van der Waals surface area contributed by atoms with Crippen LogP contribution in [0.25, 0.3) is 11.1 Å². The fourth-order valence-electron chi connectivity index (χ4n) is 4.96. The summed E-state index contributed by atoms with van der Waals surface area (Å²) >= 11 is 0. The number of carbonyl (C=O) groups excluding carboxylic acids is 1. The zero-order valence-electron chi connectivity index (χ0n) is 28.2. The number of nitrogens with one attached hydrogen (secondary N) is 1. The quantitative estimate of drug-likeness (QED) is 0.119. The van der Waals surface area contributed by atoms with E-state index in [0.29, 0.717) is 51.6 Å². The molecule has 0 atom stereocenters. The fourth-order valence-corrected chi connectivity index (χ4v) is 4.96. The van der Waals surface area contributed by atoms with E-state index >= 15 is 0 Å². The number of hydrogen-bond donors (Lipinski definition) is 2. The van der Waals surface area contributed by atoms with Crippen molar-refractivity contribution in [1.29, 1.82) is 0 Å². The Kier molecular flexibility index (Phi) is 13.6. The Bertz CT molecular complexity index is 1380. The number of nitrogens with two attached hydrogens (primary N) is 1. The molecule has 6 nitrogen and oxygen atoms in total. The lowest BCUT2D eigenvalue weighted by atomic mass is 9.88. The first-order chi connectivity index (χ1) is 21.4. The monoisotopic (exact) mass is 611 g/mol. The molecule has 0 fully saturated rings. The molecule has 3 N–H and O–H groups in total. The molecule has 0 heterocycles. The third kappa shape index (κ3) is 11.6. The maximum absolute atomic E-state index is 12.7. The number of ether oxygens (including phenoxy) is 2. The summed E-state index contributed by atoms with van der Waals surface area (Å²) < 4.78 is 12.0. The van der Waals surface area contributed by atoms with Crippen LogP contribution in [0.1, 0.15) is 57.7 Å². The maximum Gasteiger partial charge on any atom is 0.247 e. The highest BCUT2D eigenvalue weighted by molar-refractivity contribution is 5.98. The van der Waals surface area contributed by atoms with Crippen LogP contribution in [0.3, 0.4) is 0 Å². The number of benzene rings is 3. The van der Waals surface area contributed by atoms with Gasteiger partial charge in [-0.1, -0.05) is 114 Å². The Labute approximate surface area is 271 Å². The van der Waals surface area contributed by atoms with E-state index in [1.54, 1.807) is 0 Å². The van der Waals surface area contributed by atoms with Gasteiger partial charge in [-0.15, -0.1) is 0 Å².